The van der Waals surface area contributed by atoms with E-state index >= 15 is 0 Å². The van der Waals surface area contributed by atoms with Crippen LogP contribution in [-0.2, 0) is 9.59 Å². The van der Waals surface area contributed by atoms with E-state index in [1.807, 2.05) is 0 Å². The Morgan fingerprint density at radius 2 is 2.17 bits per heavy atom. The van der Waals surface area contributed by atoms with Gasteiger partial charge in [0.05, 0.1) is 6.54 Å². The fourth-order valence-corrected chi connectivity index (χ4v) is 1.24. The molecule has 0 saturated heterocycles. The van der Waals surface area contributed by atoms with Crippen LogP contribution >= 0.6 is 0 Å². The van der Waals surface area contributed by atoms with Gasteiger partial charge in [-0.1, -0.05) is 6.07 Å². The van der Waals surface area contributed by atoms with Gasteiger partial charge < -0.3 is 20.7 Å². The van der Waals surface area contributed by atoms with Crippen LogP contribution in [0.25, 0.3) is 0 Å². The number of hydrogen-bond donors (Lipinski definition) is 2. The summed E-state index contributed by atoms with van der Waals surface area (Å²) in [5, 5.41) is 2.44. The number of nitrogens with one attached hydrogen (secondary N) is 1. The maximum atomic E-state index is 11.6. The van der Waals surface area contributed by atoms with Crippen molar-refractivity contribution in [2.75, 3.05) is 33.0 Å². The molecule has 1 rings (SSSR count). The van der Waals surface area contributed by atoms with Gasteiger partial charge >= 0.3 is 0 Å². The minimum Gasteiger partial charge on any atom is -0.484 e. The van der Waals surface area contributed by atoms with Crippen molar-refractivity contribution in [3.8, 4) is 5.75 Å². The molecule has 6 heteroatoms. The third-order valence-electron chi connectivity index (χ3n) is 2.31. The minimum absolute atomic E-state index is 0.00955. The lowest BCUT2D eigenvalue weighted by molar-refractivity contribution is -0.136. The Bertz CT molecular complexity index is 434. The highest BCUT2D eigenvalue weighted by atomic mass is 16.5. The summed E-state index contributed by atoms with van der Waals surface area (Å²) < 4.78 is 5.28. The van der Waals surface area contributed by atoms with Crippen LogP contribution in [0.5, 0.6) is 5.75 Å². The third kappa shape index (κ3) is 4.32. The number of carbonyl (C=O) groups is 2. The Balaban J connectivity index is 2.43. The lowest BCUT2D eigenvalue weighted by Gasteiger charge is -2.16. The number of nitrogen functional groups attached to an aromatic ring is 1. The number of ether oxygens (including phenoxy) is 1. The number of amides is 2. The van der Waals surface area contributed by atoms with Crippen LogP contribution in [0.3, 0.4) is 0 Å². The summed E-state index contributed by atoms with van der Waals surface area (Å²) in [5.74, 6) is 0.0209. The summed E-state index contributed by atoms with van der Waals surface area (Å²) in [5.41, 5.74) is 6.15. The first kappa shape index (κ1) is 13.8. The van der Waals surface area contributed by atoms with E-state index in [0.29, 0.717) is 11.4 Å². The second kappa shape index (κ2) is 6.48. The average Bonchev–Trinajstić information content (AvgIpc) is 2.35. The first-order valence-corrected chi connectivity index (χ1v) is 5.46. The molecule has 1 aromatic carbocycles. The van der Waals surface area contributed by atoms with Gasteiger partial charge in [0.25, 0.3) is 5.91 Å². The molecule has 0 aliphatic rings. The van der Waals surface area contributed by atoms with Crippen LogP contribution in [0.4, 0.5) is 5.69 Å². The lowest BCUT2D eigenvalue weighted by atomic mass is 10.3. The number of carbonyl (C=O) groups excluding carboxylic acids is 2. The largest absolute Gasteiger partial charge is 0.484 e. The molecule has 0 saturated carbocycles. The molecule has 0 spiro atoms. The summed E-state index contributed by atoms with van der Waals surface area (Å²) in [6.07, 6.45) is 0. The Kier molecular flexibility index (Phi) is 4.98. The van der Waals surface area contributed by atoms with Crippen molar-refractivity contribution in [1.82, 2.24) is 10.2 Å². The zero-order chi connectivity index (χ0) is 13.5. The van der Waals surface area contributed by atoms with Gasteiger partial charge in [0.1, 0.15) is 5.75 Å². The van der Waals surface area contributed by atoms with Gasteiger partial charge in [-0.15, -0.1) is 0 Å². The lowest BCUT2D eigenvalue weighted by Crippen LogP contribution is -2.39. The summed E-state index contributed by atoms with van der Waals surface area (Å²) in [7, 11) is 3.06. The maximum Gasteiger partial charge on any atom is 0.260 e. The first-order chi connectivity index (χ1) is 8.52. The molecule has 0 fully saturated rings. The smallest absolute Gasteiger partial charge is 0.260 e. The Morgan fingerprint density at radius 1 is 1.44 bits per heavy atom. The highest BCUT2D eigenvalue weighted by Gasteiger charge is 2.12. The summed E-state index contributed by atoms with van der Waals surface area (Å²) in [6.45, 7) is -0.118. The molecule has 1 aromatic rings. The fourth-order valence-electron chi connectivity index (χ4n) is 1.24. The molecule has 0 unspecified atom stereocenters. The second-order valence-electron chi connectivity index (χ2n) is 3.78. The molecule has 6 nitrogen and oxygen atoms in total. The van der Waals surface area contributed by atoms with E-state index in [4.69, 9.17) is 10.5 Å². The standard InChI is InChI=1S/C12H17N3O3/c1-14-11(16)7-15(2)12(17)8-18-10-5-3-4-9(13)6-10/h3-6H,7-8,13H2,1-2H3,(H,14,16). The topological polar surface area (TPSA) is 84.7 Å². The van der Waals surface area contributed by atoms with E-state index < -0.39 is 0 Å². The van der Waals surface area contributed by atoms with Crippen molar-refractivity contribution in [2.24, 2.45) is 0 Å². The molecule has 98 valence electrons. The van der Waals surface area contributed by atoms with Gasteiger partial charge in [-0.05, 0) is 12.1 Å². The minimum atomic E-state index is -0.277. The van der Waals surface area contributed by atoms with Gasteiger partial charge in [-0.2, -0.15) is 0 Å². The van der Waals surface area contributed by atoms with Gasteiger partial charge in [-0.25, -0.2) is 0 Å². The number of anilines is 1. The maximum absolute atomic E-state index is 11.6. The predicted molar refractivity (Wildman–Crippen MR) is 68.1 cm³/mol. The molecule has 18 heavy (non-hydrogen) atoms. The Labute approximate surface area is 106 Å². The average molecular weight is 251 g/mol. The van der Waals surface area contributed by atoms with E-state index in [9.17, 15) is 9.59 Å². The van der Waals surface area contributed by atoms with E-state index in [-0.39, 0.29) is 25.0 Å². The predicted octanol–water partition coefficient (Wildman–Crippen LogP) is -0.148. The molecule has 0 atom stereocenters. The number of benzene rings is 1. The number of nitrogens with two attached hydrogens (primary N) is 1. The van der Waals surface area contributed by atoms with E-state index in [2.05, 4.69) is 5.32 Å². The van der Waals surface area contributed by atoms with Gasteiger partial charge in [0.15, 0.2) is 6.61 Å². The van der Waals surface area contributed by atoms with Crippen molar-refractivity contribution in [3.05, 3.63) is 24.3 Å². The number of hydrogen-bond acceptors (Lipinski definition) is 4. The third-order valence-corrected chi connectivity index (χ3v) is 2.31. The molecule has 0 radical (unpaired) electrons. The molecule has 3 N–H and O–H groups in total. The van der Waals surface area contributed by atoms with Crippen LogP contribution in [0, 0.1) is 0 Å². The van der Waals surface area contributed by atoms with Gasteiger partial charge in [0, 0.05) is 25.8 Å². The van der Waals surface area contributed by atoms with Crippen molar-refractivity contribution < 1.29 is 14.3 Å². The van der Waals surface area contributed by atoms with E-state index in [1.54, 1.807) is 31.3 Å². The number of rotatable bonds is 5. The fraction of sp³-hybridized carbons (Fsp3) is 0.333. The molecule has 2 amide bonds. The number of nitrogens with zero attached hydrogens (tertiary/aromatic N) is 1. The monoisotopic (exact) mass is 251 g/mol. The van der Waals surface area contributed by atoms with Crippen LogP contribution in [0.15, 0.2) is 24.3 Å². The van der Waals surface area contributed by atoms with Crippen molar-refractivity contribution in [2.45, 2.75) is 0 Å². The Hall–Kier alpha value is -2.24. The normalized spacial score (nSPS) is 9.67. The molecule has 0 heterocycles. The van der Waals surface area contributed by atoms with Crippen LogP contribution in [0.2, 0.25) is 0 Å². The van der Waals surface area contributed by atoms with E-state index in [0.717, 1.165) is 0 Å². The molecular formula is C12H17N3O3. The molecule has 0 aliphatic heterocycles. The SMILES string of the molecule is CNC(=O)CN(C)C(=O)COc1cccc(N)c1. The highest BCUT2D eigenvalue weighted by molar-refractivity contribution is 5.85. The van der Waals surface area contributed by atoms with Crippen molar-refractivity contribution in [3.63, 3.8) is 0 Å². The van der Waals surface area contributed by atoms with Gasteiger partial charge in [-0.3, -0.25) is 9.59 Å². The van der Waals surface area contributed by atoms with Crippen molar-refractivity contribution >= 4 is 17.5 Å². The first-order valence-electron chi connectivity index (χ1n) is 5.46. The van der Waals surface area contributed by atoms with Crippen LogP contribution in [0.1, 0.15) is 0 Å². The van der Waals surface area contributed by atoms with Crippen molar-refractivity contribution in [1.29, 1.82) is 0 Å². The zero-order valence-electron chi connectivity index (χ0n) is 10.5. The van der Waals surface area contributed by atoms with Crippen LogP contribution < -0.4 is 15.8 Å². The van der Waals surface area contributed by atoms with Crippen LogP contribution in [-0.4, -0.2) is 44.0 Å². The second-order valence-corrected chi connectivity index (χ2v) is 3.78. The molecule has 0 aromatic heterocycles. The highest BCUT2D eigenvalue weighted by Crippen LogP contribution is 2.14. The van der Waals surface area contributed by atoms with Gasteiger partial charge in [0.2, 0.25) is 5.91 Å². The molecular weight excluding hydrogens is 234 g/mol. The molecule has 0 aliphatic carbocycles. The zero-order valence-corrected chi connectivity index (χ0v) is 10.5. The Morgan fingerprint density at radius 3 is 2.78 bits per heavy atom. The van der Waals surface area contributed by atoms with E-state index in [1.165, 1.54) is 11.9 Å². The number of likely N-dealkylation sites (N-methyl/N-ethyl adjacent to an activating group) is 2. The summed E-state index contributed by atoms with van der Waals surface area (Å²) in [6, 6.07) is 6.81. The summed E-state index contributed by atoms with van der Waals surface area (Å²) >= 11 is 0. The quantitative estimate of drug-likeness (QED) is 0.713. The molecule has 0 bridgehead atoms. The summed E-state index contributed by atoms with van der Waals surface area (Å²) in [4.78, 5) is 24.0.